The van der Waals surface area contributed by atoms with Gasteiger partial charge in [0.25, 0.3) is 0 Å². The van der Waals surface area contributed by atoms with Gasteiger partial charge in [0.2, 0.25) is 5.95 Å². The van der Waals surface area contributed by atoms with Crippen molar-refractivity contribution in [2.45, 2.75) is 6.92 Å². The van der Waals surface area contributed by atoms with Crippen LogP contribution in [0.4, 0.5) is 23.1 Å². The Labute approximate surface area is 137 Å². The summed E-state index contributed by atoms with van der Waals surface area (Å²) in [5.41, 5.74) is 3.13. The van der Waals surface area contributed by atoms with Gasteiger partial charge in [-0.25, -0.2) is 4.98 Å². The second-order valence-electron chi connectivity index (χ2n) is 4.84. The van der Waals surface area contributed by atoms with E-state index in [0.717, 1.165) is 27.2 Å². The zero-order valence-corrected chi connectivity index (χ0v) is 13.6. The Morgan fingerprint density at radius 3 is 2.45 bits per heavy atom. The molecule has 0 spiro atoms. The molecule has 0 atom stereocenters. The van der Waals surface area contributed by atoms with E-state index < -0.39 is 0 Å². The van der Waals surface area contributed by atoms with Crippen molar-refractivity contribution < 1.29 is 0 Å². The summed E-state index contributed by atoms with van der Waals surface area (Å²) >= 11 is 3.42. The minimum Gasteiger partial charge on any atom is -0.340 e. The number of rotatable bonds is 4. The first-order chi connectivity index (χ1) is 10.7. The van der Waals surface area contributed by atoms with Crippen LogP contribution in [0.1, 0.15) is 5.56 Å². The number of aromatic nitrogens is 2. The normalized spacial score (nSPS) is 10.3. The van der Waals surface area contributed by atoms with Crippen LogP contribution in [0.15, 0.2) is 65.3 Å². The van der Waals surface area contributed by atoms with E-state index in [4.69, 9.17) is 0 Å². The fourth-order valence-corrected chi connectivity index (χ4v) is 2.27. The molecule has 0 fully saturated rings. The van der Waals surface area contributed by atoms with Gasteiger partial charge in [-0.15, -0.1) is 0 Å². The minimum atomic E-state index is 0.566. The molecule has 3 aromatic rings. The average molecular weight is 355 g/mol. The lowest BCUT2D eigenvalue weighted by Crippen LogP contribution is -2.01. The monoisotopic (exact) mass is 354 g/mol. The highest BCUT2D eigenvalue weighted by Crippen LogP contribution is 2.20. The summed E-state index contributed by atoms with van der Waals surface area (Å²) in [5, 5.41) is 6.50. The van der Waals surface area contributed by atoms with Crippen molar-refractivity contribution in [1.29, 1.82) is 0 Å². The van der Waals surface area contributed by atoms with Crippen molar-refractivity contribution in [2.75, 3.05) is 10.6 Å². The van der Waals surface area contributed by atoms with Gasteiger partial charge in [-0.2, -0.15) is 4.98 Å². The first-order valence-corrected chi connectivity index (χ1v) is 7.68. The third-order valence-corrected chi connectivity index (χ3v) is 3.69. The van der Waals surface area contributed by atoms with E-state index in [1.54, 1.807) is 6.20 Å². The maximum Gasteiger partial charge on any atom is 0.229 e. The molecule has 3 rings (SSSR count). The van der Waals surface area contributed by atoms with Gasteiger partial charge < -0.3 is 10.6 Å². The molecule has 0 saturated carbocycles. The molecule has 22 heavy (non-hydrogen) atoms. The molecule has 2 aromatic carbocycles. The molecule has 0 aliphatic carbocycles. The molecule has 5 heteroatoms. The largest absolute Gasteiger partial charge is 0.340 e. The van der Waals surface area contributed by atoms with E-state index in [9.17, 15) is 0 Å². The zero-order chi connectivity index (χ0) is 15.4. The summed E-state index contributed by atoms with van der Waals surface area (Å²) in [7, 11) is 0. The Bertz CT molecular complexity index is 772. The predicted molar refractivity (Wildman–Crippen MR) is 93.9 cm³/mol. The highest BCUT2D eigenvalue weighted by molar-refractivity contribution is 9.10. The van der Waals surface area contributed by atoms with Crippen LogP contribution in [0.5, 0.6) is 0 Å². The summed E-state index contributed by atoms with van der Waals surface area (Å²) in [4.78, 5) is 8.74. The molecular formula is C17H15BrN4. The predicted octanol–water partition coefficient (Wildman–Crippen LogP) is 5.03. The molecule has 110 valence electrons. The third kappa shape index (κ3) is 3.62. The average Bonchev–Trinajstić information content (AvgIpc) is 2.52. The molecular weight excluding hydrogens is 340 g/mol. The van der Waals surface area contributed by atoms with Gasteiger partial charge in [0.15, 0.2) is 0 Å². The zero-order valence-electron chi connectivity index (χ0n) is 12.0. The van der Waals surface area contributed by atoms with Gasteiger partial charge in [0, 0.05) is 22.0 Å². The van der Waals surface area contributed by atoms with E-state index in [1.807, 2.05) is 61.5 Å². The lowest BCUT2D eigenvalue weighted by molar-refractivity contribution is 1.16. The van der Waals surface area contributed by atoms with Gasteiger partial charge in [-0.3, -0.25) is 0 Å². The molecule has 4 nitrogen and oxygen atoms in total. The van der Waals surface area contributed by atoms with Gasteiger partial charge in [-0.1, -0.05) is 34.1 Å². The van der Waals surface area contributed by atoms with Crippen LogP contribution in [0, 0.1) is 6.92 Å². The molecule has 0 aliphatic rings. The molecule has 0 bridgehead atoms. The van der Waals surface area contributed by atoms with Crippen LogP contribution in [0.2, 0.25) is 0 Å². The number of nitrogens with one attached hydrogen (secondary N) is 2. The van der Waals surface area contributed by atoms with Crippen LogP contribution in [-0.2, 0) is 0 Å². The summed E-state index contributed by atoms with van der Waals surface area (Å²) in [6, 6.07) is 17.8. The van der Waals surface area contributed by atoms with E-state index in [1.165, 1.54) is 0 Å². The van der Waals surface area contributed by atoms with Crippen LogP contribution in [-0.4, -0.2) is 9.97 Å². The van der Waals surface area contributed by atoms with Gasteiger partial charge in [0.05, 0.1) is 0 Å². The van der Waals surface area contributed by atoms with Crippen molar-refractivity contribution in [3.8, 4) is 0 Å². The lowest BCUT2D eigenvalue weighted by Gasteiger charge is -2.10. The van der Waals surface area contributed by atoms with Crippen molar-refractivity contribution >= 4 is 39.1 Å². The van der Waals surface area contributed by atoms with Gasteiger partial charge >= 0.3 is 0 Å². The molecule has 0 unspecified atom stereocenters. The van der Waals surface area contributed by atoms with Crippen LogP contribution in [0.3, 0.4) is 0 Å². The number of halogens is 1. The highest BCUT2D eigenvalue weighted by Gasteiger charge is 2.02. The quantitative estimate of drug-likeness (QED) is 0.689. The molecule has 0 saturated heterocycles. The standard InChI is InChI=1S/C17H15BrN4/c1-12-4-2-3-5-15(12)21-17-19-11-10-16(22-17)20-14-8-6-13(18)7-9-14/h2-11H,1H3,(H2,19,20,21,22). The molecule has 1 aromatic heterocycles. The van der Waals surface area contributed by atoms with Crippen LogP contribution in [0.25, 0.3) is 0 Å². The number of benzene rings is 2. The van der Waals surface area contributed by atoms with E-state index in [2.05, 4.69) is 36.5 Å². The highest BCUT2D eigenvalue weighted by atomic mass is 79.9. The summed E-state index contributed by atoms with van der Waals surface area (Å²) in [6.45, 7) is 2.05. The maximum atomic E-state index is 4.48. The van der Waals surface area contributed by atoms with Crippen molar-refractivity contribution in [2.24, 2.45) is 0 Å². The van der Waals surface area contributed by atoms with Gasteiger partial charge in [0.1, 0.15) is 5.82 Å². The van der Waals surface area contributed by atoms with Crippen molar-refractivity contribution in [1.82, 2.24) is 9.97 Å². The van der Waals surface area contributed by atoms with Crippen molar-refractivity contribution in [3.05, 3.63) is 70.8 Å². The van der Waals surface area contributed by atoms with E-state index >= 15 is 0 Å². The first kappa shape index (κ1) is 14.5. The van der Waals surface area contributed by atoms with E-state index in [-0.39, 0.29) is 0 Å². The number of anilines is 4. The third-order valence-electron chi connectivity index (χ3n) is 3.16. The van der Waals surface area contributed by atoms with Crippen LogP contribution < -0.4 is 10.6 Å². The smallest absolute Gasteiger partial charge is 0.229 e. The van der Waals surface area contributed by atoms with Gasteiger partial charge in [-0.05, 0) is 48.9 Å². The Kier molecular flexibility index (Phi) is 4.34. The Morgan fingerprint density at radius 2 is 1.68 bits per heavy atom. The number of para-hydroxylation sites is 1. The van der Waals surface area contributed by atoms with Crippen LogP contribution >= 0.6 is 15.9 Å². The molecule has 2 N–H and O–H groups in total. The molecule has 1 heterocycles. The molecule has 0 amide bonds. The molecule has 0 radical (unpaired) electrons. The number of hydrogen-bond donors (Lipinski definition) is 2. The first-order valence-electron chi connectivity index (χ1n) is 6.89. The summed E-state index contributed by atoms with van der Waals surface area (Å²) in [5.74, 6) is 1.31. The maximum absolute atomic E-state index is 4.48. The summed E-state index contributed by atoms with van der Waals surface area (Å²) in [6.07, 6.45) is 1.73. The SMILES string of the molecule is Cc1ccccc1Nc1nccc(Nc2ccc(Br)cc2)n1. The topological polar surface area (TPSA) is 49.8 Å². The fraction of sp³-hybridized carbons (Fsp3) is 0.0588. The number of hydrogen-bond acceptors (Lipinski definition) is 4. The Balaban J connectivity index is 1.78. The Hall–Kier alpha value is -2.40. The fourth-order valence-electron chi connectivity index (χ4n) is 2.00. The number of nitrogens with zero attached hydrogens (tertiary/aromatic N) is 2. The summed E-state index contributed by atoms with van der Waals surface area (Å²) < 4.78 is 1.04. The lowest BCUT2D eigenvalue weighted by atomic mass is 10.2. The number of aryl methyl sites for hydroxylation is 1. The second kappa shape index (κ2) is 6.58. The van der Waals surface area contributed by atoms with E-state index in [0.29, 0.717) is 5.95 Å². The second-order valence-corrected chi connectivity index (χ2v) is 5.75. The Morgan fingerprint density at radius 1 is 0.909 bits per heavy atom. The van der Waals surface area contributed by atoms with Crippen molar-refractivity contribution in [3.63, 3.8) is 0 Å². The minimum absolute atomic E-state index is 0.566. The molecule has 0 aliphatic heterocycles.